The third-order valence-electron chi connectivity index (χ3n) is 4.25. The first-order valence-corrected chi connectivity index (χ1v) is 9.20. The lowest BCUT2D eigenvalue weighted by atomic mass is 9.92. The largest absolute Gasteiger partial charge is 0.403 e. The fourth-order valence-corrected chi connectivity index (χ4v) is 2.87. The molecule has 1 aromatic heterocycles. The summed E-state index contributed by atoms with van der Waals surface area (Å²) in [5, 5.41) is 8.82. The summed E-state index contributed by atoms with van der Waals surface area (Å²) in [6.07, 6.45) is 6.82. The van der Waals surface area contributed by atoms with Crippen molar-refractivity contribution in [3.8, 4) is 0 Å². The van der Waals surface area contributed by atoms with Crippen LogP contribution in [0.1, 0.15) is 37.4 Å². The number of rotatable bonds is 9. The number of hydrogen-bond acceptors (Lipinski definition) is 4. The lowest BCUT2D eigenvalue weighted by Gasteiger charge is -2.24. The third kappa shape index (κ3) is 6.33. The van der Waals surface area contributed by atoms with E-state index in [1.807, 2.05) is 43.3 Å². The molecule has 0 saturated carbocycles. The van der Waals surface area contributed by atoms with Gasteiger partial charge in [-0.3, -0.25) is 0 Å². The highest BCUT2D eigenvalue weighted by Crippen LogP contribution is 2.28. The standard InChI is InChI=1S/C21H28N5O/c1-3-16(4-2)18-9-5-6-10-19(18)26-21(27)24-14-12-17-8-7-11-20(25-17)23-15-13-22/h3,5-11,13,15-16H,4,12,14,22H2,1-2H3,(H,23,25)(H2,24,26,27)/q-1/b15-13-. The first-order valence-electron chi connectivity index (χ1n) is 9.20. The van der Waals surface area contributed by atoms with Gasteiger partial charge in [-0.05, 0) is 18.2 Å². The highest BCUT2D eigenvalue weighted by atomic mass is 16.2. The van der Waals surface area contributed by atoms with Crippen molar-refractivity contribution >= 4 is 17.5 Å². The van der Waals surface area contributed by atoms with Crippen LogP contribution in [0.2, 0.25) is 0 Å². The highest BCUT2D eigenvalue weighted by molar-refractivity contribution is 5.90. The molecule has 0 bridgehead atoms. The van der Waals surface area contributed by atoms with Gasteiger partial charge in [0.2, 0.25) is 0 Å². The number of carbonyl (C=O) groups excluding carboxylic acids is 1. The van der Waals surface area contributed by atoms with Crippen LogP contribution >= 0.6 is 0 Å². The van der Waals surface area contributed by atoms with Crippen LogP contribution in [0, 0.1) is 6.42 Å². The van der Waals surface area contributed by atoms with Gasteiger partial charge in [0, 0.05) is 36.7 Å². The van der Waals surface area contributed by atoms with Crippen LogP contribution < -0.4 is 21.7 Å². The Bertz CT molecular complexity index is 756. The summed E-state index contributed by atoms with van der Waals surface area (Å²) in [6.45, 7) is 4.68. The molecule has 0 aliphatic carbocycles. The van der Waals surface area contributed by atoms with E-state index in [0.717, 1.165) is 23.4 Å². The summed E-state index contributed by atoms with van der Waals surface area (Å²) in [5.74, 6) is 1.04. The number of anilines is 2. The fraction of sp³-hybridized carbons (Fsp3) is 0.286. The number of aromatic nitrogens is 1. The van der Waals surface area contributed by atoms with Crippen molar-refractivity contribution < 1.29 is 4.79 Å². The predicted octanol–water partition coefficient (Wildman–Crippen LogP) is 4.01. The van der Waals surface area contributed by atoms with Crippen molar-refractivity contribution in [2.45, 2.75) is 32.6 Å². The number of amides is 2. The van der Waals surface area contributed by atoms with Crippen molar-refractivity contribution in [1.82, 2.24) is 10.3 Å². The van der Waals surface area contributed by atoms with Gasteiger partial charge in [-0.1, -0.05) is 43.2 Å². The van der Waals surface area contributed by atoms with Crippen LogP contribution in [-0.2, 0) is 6.42 Å². The molecular formula is C21H28N5O-. The number of nitrogens with one attached hydrogen (secondary N) is 3. The smallest absolute Gasteiger partial charge is 0.319 e. The van der Waals surface area contributed by atoms with Gasteiger partial charge in [-0.15, -0.1) is 5.92 Å². The molecule has 1 unspecified atom stereocenters. The predicted molar refractivity (Wildman–Crippen MR) is 111 cm³/mol. The Hall–Kier alpha value is -3.02. The van der Waals surface area contributed by atoms with E-state index in [0.29, 0.717) is 24.7 Å². The van der Waals surface area contributed by atoms with Crippen molar-refractivity contribution in [2.75, 3.05) is 17.2 Å². The number of urea groups is 1. The average molecular weight is 366 g/mol. The summed E-state index contributed by atoms with van der Waals surface area (Å²) in [4.78, 5) is 16.7. The molecule has 1 aromatic carbocycles. The number of carbonyl (C=O) groups is 1. The van der Waals surface area contributed by atoms with Crippen LogP contribution in [0.3, 0.4) is 0 Å². The Morgan fingerprint density at radius 3 is 2.81 bits per heavy atom. The Labute approximate surface area is 161 Å². The molecule has 0 aliphatic heterocycles. The molecule has 2 amide bonds. The second-order valence-corrected chi connectivity index (χ2v) is 6.08. The molecule has 2 aromatic rings. The minimum atomic E-state index is -0.214. The zero-order chi connectivity index (χ0) is 19.5. The van der Waals surface area contributed by atoms with Crippen molar-refractivity contribution in [3.63, 3.8) is 0 Å². The molecule has 0 fully saturated rings. The molecule has 27 heavy (non-hydrogen) atoms. The number of nitrogens with two attached hydrogens (primary N) is 1. The normalized spacial score (nSPS) is 11.9. The molecule has 2 rings (SSSR count). The average Bonchev–Trinajstić information content (AvgIpc) is 2.69. The first-order chi connectivity index (χ1) is 13.2. The number of hydrogen-bond donors (Lipinski definition) is 4. The molecule has 5 N–H and O–H groups in total. The zero-order valence-electron chi connectivity index (χ0n) is 15.9. The monoisotopic (exact) mass is 366 g/mol. The van der Waals surface area contributed by atoms with Gasteiger partial charge in [0.25, 0.3) is 0 Å². The molecule has 0 saturated heterocycles. The Morgan fingerprint density at radius 2 is 2.07 bits per heavy atom. The van der Waals surface area contributed by atoms with Crippen LogP contribution in [-0.4, -0.2) is 17.6 Å². The minimum absolute atomic E-state index is 0.214. The van der Waals surface area contributed by atoms with Crippen LogP contribution in [0.5, 0.6) is 0 Å². The molecule has 6 heteroatoms. The van der Waals surface area contributed by atoms with Gasteiger partial charge < -0.3 is 28.1 Å². The Kier molecular flexibility index (Phi) is 8.16. The summed E-state index contributed by atoms with van der Waals surface area (Å²) in [7, 11) is 0. The molecule has 0 aliphatic rings. The van der Waals surface area contributed by atoms with E-state index < -0.39 is 0 Å². The number of pyridine rings is 1. The number of benzene rings is 1. The molecule has 1 atom stereocenters. The summed E-state index contributed by atoms with van der Waals surface area (Å²) in [6, 6.07) is 13.4. The highest BCUT2D eigenvalue weighted by Gasteiger charge is 2.09. The van der Waals surface area contributed by atoms with Gasteiger partial charge in [-0.2, -0.15) is 6.92 Å². The second kappa shape index (κ2) is 10.9. The van der Waals surface area contributed by atoms with Gasteiger partial charge in [0.15, 0.2) is 0 Å². The van der Waals surface area contributed by atoms with Crippen LogP contribution in [0.15, 0.2) is 54.9 Å². The zero-order valence-corrected chi connectivity index (χ0v) is 15.9. The SMILES string of the molecule is C[CH-]C(CC)c1ccccc1NC(=O)NCCc1cccc(N/C=C\N)n1. The second-order valence-electron chi connectivity index (χ2n) is 6.08. The Balaban J connectivity index is 1.89. The van der Waals surface area contributed by atoms with E-state index in [9.17, 15) is 4.79 Å². The van der Waals surface area contributed by atoms with Crippen molar-refractivity contribution in [2.24, 2.45) is 5.73 Å². The quantitative estimate of drug-likeness (QED) is 0.505. The molecular weight excluding hydrogens is 338 g/mol. The van der Waals surface area contributed by atoms with E-state index in [1.165, 1.54) is 6.20 Å². The van der Waals surface area contributed by atoms with E-state index in [1.54, 1.807) is 6.20 Å². The van der Waals surface area contributed by atoms with Crippen molar-refractivity contribution in [3.05, 3.63) is 72.5 Å². The van der Waals surface area contributed by atoms with Crippen LogP contribution in [0.4, 0.5) is 16.3 Å². The lowest BCUT2D eigenvalue weighted by Crippen LogP contribution is -2.31. The first kappa shape index (κ1) is 20.3. The maximum atomic E-state index is 12.3. The van der Waals surface area contributed by atoms with E-state index >= 15 is 0 Å². The summed E-state index contributed by atoms with van der Waals surface area (Å²) < 4.78 is 0. The van der Waals surface area contributed by atoms with Gasteiger partial charge in [0.1, 0.15) is 5.82 Å². The Morgan fingerprint density at radius 1 is 1.26 bits per heavy atom. The van der Waals surface area contributed by atoms with Crippen molar-refractivity contribution in [1.29, 1.82) is 0 Å². The number of nitrogens with zero attached hydrogens (tertiary/aromatic N) is 1. The van der Waals surface area contributed by atoms with Gasteiger partial charge >= 0.3 is 6.03 Å². The molecule has 0 spiro atoms. The minimum Gasteiger partial charge on any atom is -0.403 e. The molecule has 144 valence electrons. The van der Waals surface area contributed by atoms with E-state index in [4.69, 9.17) is 5.73 Å². The van der Waals surface area contributed by atoms with Gasteiger partial charge in [0.05, 0.1) is 0 Å². The van der Waals surface area contributed by atoms with E-state index in [2.05, 4.69) is 40.3 Å². The summed E-state index contributed by atoms with van der Waals surface area (Å²) in [5.41, 5.74) is 8.17. The topological polar surface area (TPSA) is 92.1 Å². The lowest BCUT2D eigenvalue weighted by molar-refractivity contribution is 0.252. The summed E-state index contributed by atoms with van der Waals surface area (Å²) >= 11 is 0. The molecule has 0 radical (unpaired) electrons. The van der Waals surface area contributed by atoms with Gasteiger partial charge in [-0.25, -0.2) is 9.78 Å². The van der Waals surface area contributed by atoms with Crippen LogP contribution in [0.25, 0.3) is 0 Å². The maximum absolute atomic E-state index is 12.3. The fourth-order valence-electron chi connectivity index (χ4n) is 2.87. The third-order valence-corrected chi connectivity index (χ3v) is 4.25. The van der Waals surface area contributed by atoms with E-state index in [-0.39, 0.29) is 6.03 Å². The number of para-hydroxylation sites is 1. The molecule has 1 heterocycles. The maximum Gasteiger partial charge on any atom is 0.319 e. The molecule has 6 nitrogen and oxygen atoms in total.